The molecular weight excluding hydrogens is 312 g/mol. The summed E-state index contributed by atoms with van der Waals surface area (Å²) in [6, 6.07) is 15.7. The number of aliphatic hydroxyl groups excluding tert-OH is 4. The van der Waals surface area contributed by atoms with E-state index < -0.39 is 36.0 Å². The van der Waals surface area contributed by atoms with Crippen molar-refractivity contribution < 1.29 is 30.0 Å². The molecule has 6 heteroatoms. The molecule has 0 radical (unpaired) electrons. The molecule has 4 unspecified atom stereocenters. The Morgan fingerprint density at radius 1 is 0.583 bits per heavy atom. The zero-order chi connectivity index (χ0) is 17.7. The number of benzene rings is 2. The van der Waals surface area contributed by atoms with E-state index in [2.05, 4.69) is 0 Å². The predicted octanol–water partition coefficient (Wildman–Crippen LogP) is 0.314. The van der Waals surface area contributed by atoms with E-state index in [0.717, 1.165) is 0 Å². The van der Waals surface area contributed by atoms with Crippen LogP contribution in [0.25, 0.3) is 0 Å². The highest BCUT2D eigenvalue weighted by molar-refractivity contribution is 6.40. The molecule has 0 aromatic heterocycles. The third-order valence-electron chi connectivity index (χ3n) is 3.66. The summed E-state index contributed by atoms with van der Waals surface area (Å²) < 4.78 is 0. The fourth-order valence-corrected chi connectivity index (χ4v) is 2.24. The zero-order valence-corrected chi connectivity index (χ0v) is 12.7. The Morgan fingerprint density at radius 2 is 0.875 bits per heavy atom. The van der Waals surface area contributed by atoms with Gasteiger partial charge in [0.25, 0.3) is 0 Å². The highest BCUT2D eigenvalue weighted by atomic mass is 16.3. The fraction of sp³-hybridized carbons (Fsp3) is 0.222. The maximum atomic E-state index is 12.0. The number of carbonyl (C=O) groups is 2. The molecule has 0 bridgehead atoms. The summed E-state index contributed by atoms with van der Waals surface area (Å²) in [4.78, 5) is 24.0. The summed E-state index contributed by atoms with van der Waals surface area (Å²) >= 11 is 0. The van der Waals surface area contributed by atoms with Crippen molar-refractivity contribution in [1.82, 2.24) is 0 Å². The standard InChI is InChI=1S/C18H18O6/c19-13(11-7-3-1-4-8-11)15(21)17(23)18(24)16(22)14(20)12-9-5-2-6-10-12/h1-10,13-16,19-22H. The molecule has 126 valence electrons. The molecule has 0 amide bonds. The number of rotatable bonds is 7. The average Bonchev–Trinajstić information content (AvgIpc) is 2.65. The highest BCUT2D eigenvalue weighted by Gasteiger charge is 2.37. The van der Waals surface area contributed by atoms with Gasteiger partial charge in [0.05, 0.1) is 0 Å². The van der Waals surface area contributed by atoms with E-state index in [1.165, 1.54) is 24.3 Å². The molecule has 2 rings (SSSR count). The fourth-order valence-electron chi connectivity index (χ4n) is 2.24. The van der Waals surface area contributed by atoms with Gasteiger partial charge in [0.15, 0.2) is 0 Å². The van der Waals surface area contributed by atoms with Crippen LogP contribution in [0, 0.1) is 0 Å². The average molecular weight is 330 g/mol. The summed E-state index contributed by atoms with van der Waals surface area (Å²) in [5, 5.41) is 39.8. The van der Waals surface area contributed by atoms with Crippen molar-refractivity contribution in [2.24, 2.45) is 0 Å². The first-order valence-corrected chi connectivity index (χ1v) is 7.33. The third kappa shape index (κ3) is 3.93. The van der Waals surface area contributed by atoms with Gasteiger partial charge in [-0.25, -0.2) is 0 Å². The lowest BCUT2D eigenvalue weighted by molar-refractivity contribution is -0.153. The zero-order valence-electron chi connectivity index (χ0n) is 12.7. The number of hydrogen-bond acceptors (Lipinski definition) is 6. The molecule has 6 nitrogen and oxygen atoms in total. The van der Waals surface area contributed by atoms with Crippen molar-refractivity contribution in [3.05, 3.63) is 71.8 Å². The highest BCUT2D eigenvalue weighted by Crippen LogP contribution is 2.21. The van der Waals surface area contributed by atoms with Gasteiger partial charge in [0.2, 0.25) is 11.6 Å². The van der Waals surface area contributed by atoms with Gasteiger partial charge in [-0.3, -0.25) is 9.59 Å². The SMILES string of the molecule is O=C(C(=O)C(O)C(O)c1ccccc1)C(O)C(O)c1ccccc1. The van der Waals surface area contributed by atoms with E-state index >= 15 is 0 Å². The van der Waals surface area contributed by atoms with E-state index in [0.29, 0.717) is 0 Å². The van der Waals surface area contributed by atoms with Crippen LogP contribution in [0.3, 0.4) is 0 Å². The molecule has 0 saturated heterocycles. The Labute approximate surface area is 138 Å². The molecule has 0 saturated carbocycles. The van der Waals surface area contributed by atoms with Crippen LogP contribution in [0.4, 0.5) is 0 Å². The summed E-state index contributed by atoms with van der Waals surface area (Å²) in [7, 11) is 0. The van der Waals surface area contributed by atoms with Gasteiger partial charge < -0.3 is 20.4 Å². The summed E-state index contributed by atoms with van der Waals surface area (Å²) in [6.07, 6.45) is -7.28. The predicted molar refractivity (Wildman–Crippen MR) is 84.8 cm³/mol. The maximum Gasteiger partial charge on any atom is 0.232 e. The van der Waals surface area contributed by atoms with Crippen LogP contribution in [0.2, 0.25) is 0 Å². The largest absolute Gasteiger partial charge is 0.385 e. The summed E-state index contributed by atoms with van der Waals surface area (Å²) in [5.41, 5.74) is 0.508. The molecule has 0 aliphatic carbocycles. The van der Waals surface area contributed by atoms with Gasteiger partial charge in [-0.15, -0.1) is 0 Å². The number of hydrogen-bond donors (Lipinski definition) is 4. The second-order valence-electron chi connectivity index (χ2n) is 5.33. The van der Waals surface area contributed by atoms with Crippen LogP contribution in [0.5, 0.6) is 0 Å². The first-order valence-electron chi connectivity index (χ1n) is 7.33. The van der Waals surface area contributed by atoms with Gasteiger partial charge in [-0.05, 0) is 11.1 Å². The van der Waals surface area contributed by atoms with Crippen LogP contribution < -0.4 is 0 Å². The van der Waals surface area contributed by atoms with Crippen molar-refractivity contribution in [3.8, 4) is 0 Å². The Morgan fingerprint density at radius 3 is 1.17 bits per heavy atom. The third-order valence-corrected chi connectivity index (χ3v) is 3.66. The van der Waals surface area contributed by atoms with E-state index in [9.17, 15) is 30.0 Å². The van der Waals surface area contributed by atoms with E-state index in [1.54, 1.807) is 36.4 Å². The molecule has 0 aliphatic rings. The van der Waals surface area contributed by atoms with Crippen LogP contribution in [-0.4, -0.2) is 44.2 Å². The Bertz CT molecular complexity index is 624. The quantitative estimate of drug-likeness (QED) is 0.543. The van der Waals surface area contributed by atoms with Crippen molar-refractivity contribution in [2.45, 2.75) is 24.4 Å². The second-order valence-corrected chi connectivity index (χ2v) is 5.33. The molecule has 24 heavy (non-hydrogen) atoms. The number of ketones is 2. The van der Waals surface area contributed by atoms with Crippen molar-refractivity contribution >= 4 is 11.6 Å². The minimum Gasteiger partial charge on any atom is -0.385 e. The normalized spacial score (nSPS) is 16.0. The number of Topliss-reactive ketones (excluding diaryl/α,β-unsaturated/α-hetero) is 2. The van der Waals surface area contributed by atoms with Crippen molar-refractivity contribution in [3.63, 3.8) is 0 Å². The lowest BCUT2D eigenvalue weighted by Gasteiger charge is -2.20. The van der Waals surface area contributed by atoms with E-state index in [4.69, 9.17) is 0 Å². The monoisotopic (exact) mass is 330 g/mol. The Balaban J connectivity index is 2.09. The van der Waals surface area contributed by atoms with Gasteiger partial charge in [-0.1, -0.05) is 60.7 Å². The first kappa shape index (κ1) is 18.0. The van der Waals surface area contributed by atoms with Crippen LogP contribution >= 0.6 is 0 Å². The minimum absolute atomic E-state index is 0.254. The molecule has 2 aromatic rings. The van der Waals surface area contributed by atoms with Crippen LogP contribution in [0.1, 0.15) is 23.3 Å². The molecule has 4 atom stereocenters. The topological polar surface area (TPSA) is 115 Å². The smallest absolute Gasteiger partial charge is 0.232 e. The molecule has 0 aliphatic heterocycles. The molecule has 2 aromatic carbocycles. The molecule has 4 N–H and O–H groups in total. The van der Waals surface area contributed by atoms with Gasteiger partial charge in [0.1, 0.15) is 24.4 Å². The number of aliphatic hydroxyl groups is 4. The number of carbonyl (C=O) groups excluding carboxylic acids is 2. The van der Waals surface area contributed by atoms with E-state index in [1.807, 2.05) is 0 Å². The van der Waals surface area contributed by atoms with Gasteiger partial charge in [0, 0.05) is 0 Å². The molecule has 0 heterocycles. The van der Waals surface area contributed by atoms with Crippen LogP contribution in [0.15, 0.2) is 60.7 Å². The van der Waals surface area contributed by atoms with Crippen molar-refractivity contribution in [2.75, 3.05) is 0 Å². The van der Waals surface area contributed by atoms with Crippen LogP contribution in [-0.2, 0) is 9.59 Å². The first-order chi connectivity index (χ1) is 11.4. The lowest BCUT2D eigenvalue weighted by Crippen LogP contribution is -2.41. The second kappa shape index (κ2) is 7.94. The van der Waals surface area contributed by atoms with E-state index in [-0.39, 0.29) is 11.1 Å². The molecule has 0 fully saturated rings. The molecule has 0 spiro atoms. The van der Waals surface area contributed by atoms with Crippen molar-refractivity contribution in [1.29, 1.82) is 0 Å². The minimum atomic E-state index is -2.03. The molecular formula is C18H18O6. The Hall–Kier alpha value is -2.38. The Kier molecular flexibility index (Phi) is 5.94. The summed E-state index contributed by atoms with van der Waals surface area (Å²) in [6.45, 7) is 0. The van der Waals surface area contributed by atoms with Gasteiger partial charge >= 0.3 is 0 Å². The maximum absolute atomic E-state index is 12.0. The summed E-state index contributed by atoms with van der Waals surface area (Å²) in [5.74, 6) is -2.73. The van der Waals surface area contributed by atoms with Gasteiger partial charge in [-0.2, -0.15) is 0 Å². The lowest BCUT2D eigenvalue weighted by atomic mass is 9.94.